The second kappa shape index (κ2) is 5.46. The van der Waals surface area contributed by atoms with Crippen molar-refractivity contribution in [3.63, 3.8) is 0 Å². The summed E-state index contributed by atoms with van der Waals surface area (Å²) in [5, 5.41) is 0. The van der Waals surface area contributed by atoms with Crippen LogP contribution in [0.15, 0.2) is 46.9 Å². The first-order valence-electron chi connectivity index (χ1n) is 6.58. The highest BCUT2D eigenvalue weighted by molar-refractivity contribution is 9.10. The van der Waals surface area contributed by atoms with E-state index in [0.717, 1.165) is 10.5 Å². The Morgan fingerprint density at radius 2 is 1.71 bits per heavy atom. The predicted octanol–water partition coefficient (Wildman–Crippen LogP) is 4.98. The van der Waals surface area contributed by atoms with Crippen molar-refractivity contribution in [2.75, 3.05) is 0 Å². The van der Waals surface area contributed by atoms with Crippen molar-refractivity contribution in [3.05, 3.63) is 69.2 Å². The summed E-state index contributed by atoms with van der Waals surface area (Å²) in [5.74, 6) is 0. The molecule has 0 amide bonds. The summed E-state index contributed by atoms with van der Waals surface area (Å²) in [6, 6.07) is 11.8. The van der Waals surface area contributed by atoms with Gasteiger partial charge in [-0.15, -0.1) is 0 Å². The number of benzene rings is 2. The molecule has 0 fully saturated rings. The number of rotatable bonds is 2. The van der Waals surface area contributed by atoms with E-state index in [2.05, 4.69) is 15.9 Å². The number of nitrogens with zero attached hydrogens (tertiary/aromatic N) is 1. The molecule has 1 aliphatic heterocycles. The minimum Gasteiger partial charge on any atom is -0.291 e. The van der Waals surface area contributed by atoms with Crippen LogP contribution in [0.3, 0.4) is 0 Å². The fraction of sp³-hybridized carbons (Fsp3) is 0.250. The normalized spacial score (nSPS) is 15.2. The number of fused-ring (bicyclic) bond motifs is 1. The molecule has 1 nitrogen and oxygen atoms in total. The average Bonchev–Trinajstić information content (AvgIpc) is 2.79. The molecule has 0 atom stereocenters. The lowest BCUT2D eigenvalue weighted by Crippen LogP contribution is -2.19. The van der Waals surface area contributed by atoms with E-state index in [-0.39, 0.29) is 0 Å². The second-order valence-electron chi connectivity index (χ2n) is 5.21. The Morgan fingerprint density at radius 1 is 1.00 bits per heavy atom. The van der Waals surface area contributed by atoms with Gasteiger partial charge in [-0.2, -0.15) is 13.2 Å². The van der Waals surface area contributed by atoms with Crippen LogP contribution in [0.5, 0.6) is 0 Å². The summed E-state index contributed by atoms with van der Waals surface area (Å²) in [6.07, 6.45) is -4.30. The first kappa shape index (κ1) is 14.6. The van der Waals surface area contributed by atoms with Gasteiger partial charge < -0.3 is 0 Å². The summed E-state index contributed by atoms with van der Waals surface area (Å²) in [7, 11) is 0. The standard InChI is InChI=1S/C16H13BrF3N/c17-14-6-5-11-8-21(10-13(11)7-14)9-12-3-1-2-4-15(12)16(18,19)20/h1-7H,8-10H2. The molecule has 5 heteroatoms. The van der Waals surface area contributed by atoms with Crippen LogP contribution in [0.2, 0.25) is 0 Å². The molecule has 0 spiro atoms. The van der Waals surface area contributed by atoms with E-state index in [9.17, 15) is 13.2 Å². The van der Waals surface area contributed by atoms with E-state index >= 15 is 0 Å². The average molecular weight is 356 g/mol. The zero-order valence-corrected chi connectivity index (χ0v) is 12.7. The molecule has 110 valence electrons. The Labute approximate surface area is 129 Å². The smallest absolute Gasteiger partial charge is 0.291 e. The fourth-order valence-corrected chi connectivity index (χ4v) is 3.13. The van der Waals surface area contributed by atoms with E-state index < -0.39 is 11.7 Å². The van der Waals surface area contributed by atoms with Gasteiger partial charge in [-0.25, -0.2) is 0 Å². The first-order valence-corrected chi connectivity index (χ1v) is 7.37. The molecule has 3 rings (SSSR count). The van der Waals surface area contributed by atoms with Gasteiger partial charge in [0.05, 0.1) is 5.56 Å². The predicted molar refractivity (Wildman–Crippen MR) is 78.5 cm³/mol. The van der Waals surface area contributed by atoms with Crippen LogP contribution < -0.4 is 0 Å². The van der Waals surface area contributed by atoms with Gasteiger partial charge in [0.1, 0.15) is 0 Å². The van der Waals surface area contributed by atoms with Gasteiger partial charge in [0.25, 0.3) is 0 Å². The lowest BCUT2D eigenvalue weighted by Gasteiger charge is -2.18. The molecule has 0 bridgehead atoms. The maximum atomic E-state index is 13.0. The third-order valence-electron chi connectivity index (χ3n) is 3.67. The molecule has 1 heterocycles. The molecule has 2 aromatic carbocycles. The van der Waals surface area contributed by atoms with Crippen LogP contribution >= 0.6 is 15.9 Å². The van der Waals surface area contributed by atoms with Crippen molar-refractivity contribution in [1.29, 1.82) is 0 Å². The number of hydrogen-bond acceptors (Lipinski definition) is 1. The molecule has 0 aliphatic carbocycles. The monoisotopic (exact) mass is 355 g/mol. The van der Waals surface area contributed by atoms with E-state index in [4.69, 9.17) is 0 Å². The lowest BCUT2D eigenvalue weighted by atomic mass is 10.1. The Morgan fingerprint density at radius 3 is 2.48 bits per heavy atom. The van der Waals surface area contributed by atoms with Crippen molar-refractivity contribution in [2.45, 2.75) is 25.8 Å². The first-order chi connectivity index (χ1) is 9.93. The topological polar surface area (TPSA) is 3.24 Å². The van der Waals surface area contributed by atoms with Crippen molar-refractivity contribution < 1.29 is 13.2 Å². The summed E-state index contributed by atoms with van der Waals surface area (Å²) < 4.78 is 40.0. The van der Waals surface area contributed by atoms with E-state index in [1.807, 2.05) is 23.1 Å². The molecule has 1 aliphatic rings. The molecule has 0 aromatic heterocycles. The van der Waals surface area contributed by atoms with Crippen molar-refractivity contribution >= 4 is 15.9 Å². The van der Waals surface area contributed by atoms with E-state index in [1.54, 1.807) is 12.1 Å². The molecule has 0 radical (unpaired) electrons. The molecular weight excluding hydrogens is 343 g/mol. The van der Waals surface area contributed by atoms with Gasteiger partial charge in [-0.3, -0.25) is 4.90 Å². The highest BCUT2D eigenvalue weighted by atomic mass is 79.9. The third-order valence-corrected chi connectivity index (χ3v) is 4.17. The van der Waals surface area contributed by atoms with Gasteiger partial charge >= 0.3 is 6.18 Å². The SMILES string of the molecule is FC(F)(F)c1ccccc1CN1Cc2ccc(Br)cc2C1. The Balaban J connectivity index is 1.81. The Hall–Kier alpha value is -1.33. The van der Waals surface area contributed by atoms with Crippen LogP contribution in [-0.2, 0) is 25.8 Å². The molecule has 0 unspecified atom stereocenters. The van der Waals surface area contributed by atoms with Gasteiger partial charge in [-0.05, 0) is 34.9 Å². The van der Waals surface area contributed by atoms with Crippen LogP contribution in [0.4, 0.5) is 13.2 Å². The number of alkyl halides is 3. The van der Waals surface area contributed by atoms with Crippen LogP contribution in [0.1, 0.15) is 22.3 Å². The Bertz CT molecular complexity index is 667. The maximum absolute atomic E-state index is 13.0. The van der Waals surface area contributed by atoms with Gasteiger partial charge in [0.2, 0.25) is 0 Å². The molecule has 21 heavy (non-hydrogen) atoms. The van der Waals surface area contributed by atoms with Gasteiger partial charge in [-0.1, -0.05) is 40.2 Å². The van der Waals surface area contributed by atoms with Crippen LogP contribution in [-0.4, -0.2) is 4.90 Å². The quantitative estimate of drug-likeness (QED) is 0.733. The minimum absolute atomic E-state index is 0.308. The number of halogens is 4. The van der Waals surface area contributed by atoms with Crippen molar-refractivity contribution in [2.24, 2.45) is 0 Å². The number of hydrogen-bond donors (Lipinski definition) is 0. The molecule has 2 aromatic rings. The third kappa shape index (κ3) is 3.14. The summed E-state index contributed by atoms with van der Waals surface area (Å²) in [5.41, 5.74) is 2.15. The van der Waals surface area contributed by atoms with Crippen molar-refractivity contribution in [3.8, 4) is 0 Å². The Kier molecular flexibility index (Phi) is 3.80. The second-order valence-corrected chi connectivity index (χ2v) is 6.13. The summed E-state index contributed by atoms with van der Waals surface area (Å²) in [4.78, 5) is 2.03. The zero-order chi connectivity index (χ0) is 15.0. The zero-order valence-electron chi connectivity index (χ0n) is 11.1. The van der Waals surface area contributed by atoms with Crippen LogP contribution in [0, 0.1) is 0 Å². The maximum Gasteiger partial charge on any atom is 0.416 e. The minimum atomic E-state index is -4.30. The van der Waals surface area contributed by atoms with Crippen molar-refractivity contribution in [1.82, 2.24) is 4.90 Å². The molecule has 0 saturated heterocycles. The van der Waals surface area contributed by atoms with Gasteiger partial charge in [0.15, 0.2) is 0 Å². The van der Waals surface area contributed by atoms with Gasteiger partial charge in [0, 0.05) is 24.1 Å². The fourth-order valence-electron chi connectivity index (χ4n) is 2.72. The van der Waals surface area contributed by atoms with Crippen LogP contribution in [0.25, 0.3) is 0 Å². The highest BCUT2D eigenvalue weighted by Gasteiger charge is 2.33. The summed E-state index contributed by atoms with van der Waals surface area (Å²) in [6.45, 7) is 1.68. The lowest BCUT2D eigenvalue weighted by molar-refractivity contribution is -0.138. The molecule has 0 N–H and O–H groups in total. The van der Waals surface area contributed by atoms with E-state index in [0.29, 0.717) is 25.2 Å². The largest absolute Gasteiger partial charge is 0.416 e. The summed E-state index contributed by atoms with van der Waals surface area (Å²) >= 11 is 3.42. The van der Waals surface area contributed by atoms with E-state index in [1.165, 1.54) is 17.2 Å². The molecular formula is C16H13BrF3N. The highest BCUT2D eigenvalue weighted by Crippen LogP contribution is 2.34. The molecule has 0 saturated carbocycles.